The first-order valence-electron chi connectivity index (χ1n) is 7.98. The highest BCUT2D eigenvalue weighted by Gasteiger charge is 2.07. The Morgan fingerprint density at radius 2 is 1.67 bits per heavy atom. The molecule has 0 fully saturated rings. The fraction of sp³-hybridized carbons (Fsp3) is 0.263. The minimum Gasteiger partial charge on any atom is -0.352 e. The molecule has 0 aliphatic carbocycles. The monoisotopic (exact) mass is 325 g/mol. The third-order valence-electron chi connectivity index (χ3n) is 3.62. The predicted octanol–water partition coefficient (Wildman–Crippen LogP) is 1.89. The highest BCUT2D eigenvalue weighted by atomic mass is 16.2. The molecule has 4 N–H and O–H groups in total. The van der Waals surface area contributed by atoms with E-state index < -0.39 is 0 Å². The minimum absolute atomic E-state index is 0.0910. The van der Waals surface area contributed by atoms with Crippen LogP contribution in [-0.4, -0.2) is 18.4 Å². The summed E-state index contributed by atoms with van der Waals surface area (Å²) in [5.41, 5.74) is 9.04. The second-order valence-corrected chi connectivity index (χ2v) is 5.68. The zero-order valence-corrected chi connectivity index (χ0v) is 13.8. The van der Waals surface area contributed by atoms with Crippen molar-refractivity contribution in [3.8, 4) is 0 Å². The Morgan fingerprint density at radius 1 is 0.958 bits per heavy atom. The lowest BCUT2D eigenvalue weighted by Gasteiger charge is -2.08. The molecule has 0 saturated carbocycles. The average Bonchev–Trinajstić information content (AvgIpc) is 2.60. The van der Waals surface area contributed by atoms with Crippen molar-refractivity contribution in [2.75, 3.05) is 6.54 Å². The molecule has 0 aliphatic rings. The number of hydrogen-bond donors (Lipinski definition) is 3. The number of carbonyl (C=O) groups is 2. The number of nitrogens with two attached hydrogens (primary N) is 1. The topological polar surface area (TPSA) is 84.2 Å². The lowest BCUT2D eigenvalue weighted by Crippen LogP contribution is -2.25. The van der Waals surface area contributed by atoms with Gasteiger partial charge in [0.15, 0.2) is 0 Å². The van der Waals surface area contributed by atoms with Crippen LogP contribution < -0.4 is 16.4 Å². The summed E-state index contributed by atoms with van der Waals surface area (Å²) in [6, 6.07) is 15.3. The molecule has 0 aliphatic heterocycles. The van der Waals surface area contributed by atoms with Crippen molar-refractivity contribution in [3.63, 3.8) is 0 Å². The summed E-state index contributed by atoms with van der Waals surface area (Å²) in [5, 5.41) is 5.68. The summed E-state index contributed by atoms with van der Waals surface area (Å²) in [6.45, 7) is 3.22. The number of hydrogen-bond acceptors (Lipinski definition) is 3. The quantitative estimate of drug-likeness (QED) is 0.727. The Hall–Kier alpha value is -2.66. The van der Waals surface area contributed by atoms with E-state index in [2.05, 4.69) is 10.6 Å². The highest BCUT2D eigenvalue weighted by molar-refractivity contribution is 5.94. The first-order valence-corrected chi connectivity index (χ1v) is 7.98. The normalized spacial score (nSPS) is 10.2. The Bertz CT molecular complexity index is 696. The second kappa shape index (κ2) is 8.84. The van der Waals surface area contributed by atoms with E-state index in [-0.39, 0.29) is 11.8 Å². The van der Waals surface area contributed by atoms with E-state index in [9.17, 15) is 9.59 Å². The molecule has 0 heterocycles. The number of aryl methyl sites for hydroxylation is 1. The van der Waals surface area contributed by atoms with Crippen molar-refractivity contribution in [2.24, 2.45) is 5.73 Å². The van der Waals surface area contributed by atoms with E-state index >= 15 is 0 Å². The van der Waals surface area contributed by atoms with Crippen LogP contribution in [0.25, 0.3) is 0 Å². The van der Waals surface area contributed by atoms with Gasteiger partial charge in [-0.3, -0.25) is 9.59 Å². The lowest BCUT2D eigenvalue weighted by atomic mass is 10.1. The summed E-state index contributed by atoms with van der Waals surface area (Å²) in [4.78, 5) is 23.7. The van der Waals surface area contributed by atoms with Gasteiger partial charge in [0.25, 0.3) is 5.91 Å². The summed E-state index contributed by atoms with van der Waals surface area (Å²) in [7, 11) is 0. The second-order valence-electron chi connectivity index (χ2n) is 5.68. The molecule has 0 aromatic heterocycles. The molecular formula is C19H23N3O2. The molecule has 5 heteroatoms. The van der Waals surface area contributed by atoms with Crippen LogP contribution >= 0.6 is 0 Å². The van der Waals surface area contributed by atoms with Crippen LogP contribution in [-0.2, 0) is 17.9 Å². The summed E-state index contributed by atoms with van der Waals surface area (Å²) >= 11 is 0. The van der Waals surface area contributed by atoms with Crippen molar-refractivity contribution >= 4 is 11.8 Å². The Kier molecular flexibility index (Phi) is 6.51. The zero-order chi connectivity index (χ0) is 17.4. The molecule has 2 rings (SSSR count). The van der Waals surface area contributed by atoms with Crippen molar-refractivity contribution in [1.29, 1.82) is 0 Å². The van der Waals surface area contributed by atoms with Gasteiger partial charge in [0.2, 0.25) is 5.91 Å². The zero-order valence-electron chi connectivity index (χ0n) is 13.8. The maximum Gasteiger partial charge on any atom is 0.251 e. The van der Waals surface area contributed by atoms with Gasteiger partial charge in [0.1, 0.15) is 0 Å². The Balaban J connectivity index is 1.91. The molecule has 0 unspecified atom stereocenters. The molecule has 2 aromatic rings. The lowest BCUT2D eigenvalue weighted by molar-refractivity contribution is -0.121. The minimum atomic E-state index is -0.134. The van der Waals surface area contributed by atoms with Crippen LogP contribution in [0.2, 0.25) is 0 Å². The molecule has 0 saturated heterocycles. The van der Waals surface area contributed by atoms with Gasteiger partial charge in [-0.05, 0) is 30.2 Å². The van der Waals surface area contributed by atoms with Crippen LogP contribution in [0.1, 0.15) is 33.5 Å². The molecule has 0 atom stereocenters. The first kappa shape index (κ1) is 17.7. The summed E-state index contributed by atoms with van der Waals surface area (Å²) in [5.74, 6) is -0.225. The van der Waals surface area contributed by atoms with E-state index in [1.54, 1.807) is 12.1 Å². The van der Waals surface area contributed by atoms with Gasteiger partial charge in [-0.15, -0.1) is 0 Å². The van der Waals surface area contributed by atoms with E-state index in [1.165, 1.54) is 5.56 Å². The maximum atomic E-state index is 12.3. The molecule has 0 radical (unpaired) electrons. The fourth-order valence-corrected chi connectivity index (χ4v) is 2.23. The standard InChI is InChI=1S/C19H23N3O2/c1-14-5-7-15(8-6-14)12-22-19(24)17-4-2-3-16(11-17)13-21-18(23)9-10-20/h2-8,11H,9-10,12-13,20H2,1H3,(H,21,23)(H,22,24). The number of carbonyl (C=O) groups excluding carboxylic acids is 2. The van der Waals surface area contributed by atoms with Crippen LogP contribution in [0.4, 0.5) is 0 Å². The van der Waals surface area contributed by atoms with Crippen LogP contribution in [0.3, 0.4) is 0 Å². The van der Waals surface area contributed by atoms with Gasteiger partial charge in [0.05, 0.1) is 0 Å². The molecule has 2 aromatic carbocycles. The molecule has 0 bridgehead atoms. The van der Waals surface area contributed by atoms with Crippen LogP contribution in [0.15, 0.2) is 48.5 Å². The van der Waals surface area contributed by atoms with Crippen molar-refractivity contribution in [3.05, 3.63) is 70.8 Å². The largest absolute Gasteiger partial charge is 0.352 e. The summed E-state index contributed by atoms with van der Waals surface area (Å²) < 4.78 is 0. The van der Waals surface area contributed by atoms with E-state index in [0.29, 0.717) is 31.6 Å². The molecule has 24 heavy (non-hydrogen) atoms. The molecule has 5 nitrogen and oxygen atoms in total. The third-order valence-corrected chi connectivity index (χ3v) is 3.62. The SMILES string of the molecule is Cc1ccc(CNC(=O)c2cccc(CNC(=O)CCN)c2)cc1. The van der Waals surface area contributed by atoms with Gasteiger partial charge in [-0.1, -0.05) is 42.0 Å². The van der Waals surface area contributed by atoms with Crippen molar-refractivity contribution in [1.82, 2.24) is 10.6 Å². The number of benzene rings is 2. The molecule has 0 spiro atoms. The van der Waals surface area contributed by atoms with Gasteiger partial charge < -0.3 is 16.4 Å². The van der Waals surface area contributed by atoms with Gasteiger partial charge in [-0.25, -0.2) is 0 Å². The number of amides is 2. The van der Waals surface area contributed by atoms with Crippen molar-refractivity contribution in [2.45, 2.75) is 26.4 Å². The number of nitrogens with one attached hydrogen (secondary N) is 2. The van der Waals surface area contributed by atoms with Crippen LogP contribution in [0, 0.1) is 6.92 Å². The smallest absolute Gasteiger partial charge is 0.251 e. The van der Waals surface area contributed by atoms with Gasteiger partial charge in [-0.2, -0.15) is 0 Å². The van der Waals surface area contributed by atoms with E-state index in [4.69, 9.17) is 5.73 Å². The van der Waals surface area contributed by atoms with Gasteiger partial charge in [0, 0.05) is 31.6 Å². The molecule has 126 valence electrons. The average molecular weight is 325 g/mol. The molecule has 2 amide bonds. The Labute approximate surface area is 142 Å². The first-order chi connectivity index (χ1) is 11.6. The highest BCUT2D eigenvalue weighted by Crippen LogP contribution is 2.07. The van der Waals surface area contributed by atoms with E-state index in [0.717, 1.165) is 11.1 Å². The maximum absolute atomic E-state index is 12.3. The third kappa shape index (κ3) is 5.52. The van der Waals surface area contributed by atoms with Crippen molar-refractivity contribution < 1.29 is 9.59 Å². The summed E-state index contributed by atoms with van der Waals surface area (Å²) in [6.07, 6.45) is 0.302. The molecular weight excluding hydrogens is 302 g/mol. The number of rotatable bonds is 7. The fourth-order valence-electron chi connectivity index (χ4n) is 2.23. The predicted molar refractivity (Wildman–Crippen MR) is 94.3 cm³/mol. The Morgan fingerprint density at radius 3 is 2.38 bits per heavy atom. The van der Waals surface area contributed by atoms with E-state index in [1.807, 2.05) is 43.3 Å². The van der Waals surface area contributed by atoms with Gasteiger partial charge >= 0.3 is 0 Å². The van der Waals surface area contributed by atoms with Crippen LogP contribution in [0.5, 0.6) is 0 Å².